The highest BCUT2D eigenvalue weighted by Crippen LogP contribution is 2.35. The molecular weight excluding hydrogens is 230 g/mol. The van der Waals surface area contributed by atoms with Crippen LogP contribution in [0.3, 0.4) is 0 Å². The SMILES string of the molecule is C[Si](C)OC(c1ccc(CO)cn1)C(C)(C)C. The van der Waals surface area contributed by atoms with Crippen molar-refractivity contribution in [3.63, 3.8) is 0 Å². The molecule has 1 rings (SSSR count). The summed E-state index contributed by atoms with van der Waals surface area (Å²) in [7, 11) is -0.768. The van der Waals surface area contributed by atoms with E-state index in [2.05, 4.69) is 38.8 Å². The van der Waals surface area contributed by atoms with E-state index in [0.717, 1.165) is 11.3 Å². The highest BCUT2D eigenvalue weighted by molar-refractivity contribution is 6.48. The smallest absolute Gasteiger partial charge is 0.205 e. The molecule has 0 aliphatic heterocycles. The molecule has 0 spiro atoms. The first-order valence-corrected chi connectivity index (χ1v) is 8.28. The fourth-order valence-corrected chi connectivity index (χ4v) is 2.55. The molecule has 0 aromatic carbocycles. The van der Waals surface area contributed by atoms with E-state index in [-0.39, 0.29) is 18.1 Å². The number of rotatable bonds is 4. The fourth-order valence-electron chi connectivity index (χ4n) is 1.60. The average molecular weight is 252 g/mol. The summed E-state index contributed by atoms with van der Waals surface area (Å²) >= 11 is 0. The minimum Gasteiger partial charge on any atom is -0.408 e. The van der Waals surface area contributed by atoms with Crippen molar-refractivity contribution in [3.05, 3.63) is 29.6 Å². The molecule has 0 bridgehead atoms. The van der Waals surface area contributed by atoms with Crippen molar-refractivity contribution >= 4 is 9.04 Å². The fraction of sp³-hybridized carbons (Fsp3) is 0.615. The number of hydrogen-bond acceptors (Lipinski definition) is 3. The molecule has 1 radical (unpaired) electrons. The van der Waals surface area contributed by atoms with Crippen LogP contribution in [-0.2, 0) is 11.0 Å². The van der Waals surface area contributed by atoms with Crippen molar-refractivity contribution in [1.82, 2.24) is 4.98 Å². The van der Waals surface area contributed by atoms with Crippen LogP contribution in [0.25, 0.3) is 0 Å². The van der Waals surface area contributed by atoms with Gasteiger partial charge in [0.2, 0.25) is 9.04 Å². The van der Waals surface area contributed by atoms with Crippen molar-refractivity contribution in [3.8, 4) is 0 Å². The van der Waals surface area contributed by atoms with Gasteiger partial charge in [-0.2, -0.15) is 0 Å². The summed E-state index contributed by atoms with van der Waals surface area (Å²) in [5.74, 6) is 0. The quantitative estimate of drug-likeness (QED) is 0.838. The molecule has 17 heavy (non-hydrogen) atoms. The van der Waals surface area contributed by atoms with Gasteiger partial charge in [0.15, 0.2) is 0 Å². The minimum absolute atomic E-state index is 0.0131. The first-order chi connectivity index (χ1) is 7.84. The van der Waals surface area contributed by atoms with Gasteiger partial charge in [0.05, 0.1) is 18.4 Å². The topological polar surface area (TPSA) is 42.4 Å². The highest BCUT2D eigenvalue weighted by atomic mass is 28.3. The summed E-state index contributed by atoms with van der Waals surface area (Å²) in [6.45, 7) is 10.8. The Morgan fingerprint density at radius 3 is 2.35 bits per heavy atom. The van der Waals surface area contributed by atoms with Gasteiger partial charge in [-0.3, -0.25) is 4.98 Å². The van der Waals surface area contributed by atoms with Crippen LogP contribution in [0, 0.1) is 5.41 Å². The Morgan fingerprint density at radius 1 is 1.35 bits per heavy atom. The summed E-state index contributed by atoms with van der Waals surface area (Å²) < 4.78 is 6.05. The molecule has 1 N–H and O–H groups in total. The molecule has 4 heteroatoms. The van der Waals surface area contributed by atoms with Crippen LogP contribution in [-0.4, -0.2) is 19.1 Å². The summed E-state index contributed by atoms with van der Waals surface area (Å²) in [4.78, 5) is 4.40. The molecule has 1 heterocycles. The number of aliphatic hydroxyl groups is 1. The second kappa shape index (κ2) is 5.75. The van der Waals surface area contributed by atoms with Crippen LogP contribution in [0.4, 0.5) is 0 Å². The predicted octanol–water partition coefficient (Wildman–Crippen LogP) is 2.93. The monoisotopic (exact) mass is 252 g/mol. The molecule has 1 aromatic heterocycles. The van der Waals surface area contributed by atoms with Gasteiger partial charge in [0, 0.05) is 6.20 Å². The molecular formula is C13H22NO2Si. The average Bonchev–Trinajstić information content (AvgIpc) is 2.24. The van der Waals surface area contributed by atoms with E-state index in [1.807, 2.05) is 12.1 Å². The molecule has 1 aromatic rings. The Bertz CT molecular complexity index is 343. The first kappa shape index (κ1) is 14.3. The van der Waals surface area contributed by atoms with E-state index < -0.39 is 9.04 Å². The summed E-state index contributed by atoms with van der Waals surface area (Å²) in [6.07, 6.45) is 1.73. The maximum atomic E-state index is 9.01. The molecule has 0 fully saturated rings. The van der Waals surface area contributed by atoms with Crippen LogP contribution >= 0.6 is 0 Å². The summed E-state index contributed by atoms with van der Waals surface area (Å²) in [5, 5.41) is 9.01. The number of hydrogen-bond donors (Lipinski definition) is 1. The van der Waals surface area contributed by atoms with E-state index in [1.54, 1.807) is 6.20 Å². The second-order valence-corrected chi connectivity index (χ2v) is 7.57. The van der Waals surface area contributed by atoms with Gasteiger partial charge in [-0.15, -0.1) is 0 Å². The first-order valence-electron chi connectivity index (χ1n) is 5.87. The standard InChI is InChI=1S/C13H22NO2Si/c1-13(2,3)12(16-17(4)5)11-7-6-10(9-15)8-14-11/h6-8,12,15H,9H2,1-5H3. The second-order valence-electron chi connectivity index (χ2n) is 5.52. The van der Waals surface area contributed by atoms with Crippen LogP contribution in [0.15, 0.2) is 18.3 Å². The zero-order chi connectivity index (χ0) is 13.1. The van der Waals surface area contributed by atoms with Crippen LogP contribution in [0.5, 0.6) is 0 Å². The zero-order valence-corrected chi connectivity index (χ0v) is 12.3. The van der Waals surface area contributed by atoms with Gasteiger partial charge >= 0.3 is 0 Å². The van der Waals surface area contributed by atoms with Crippen molar-refractivity contribution in [2.24, 2.45) is 5.41 Å². The lowest BCUT2D eigenvalue weighted by Crippen LogP contribution is -2.26. The van der Waals surface area contributed by atoms with E-state index in [1.165, 1.54) is 0 Å². The normalized spacial score (nSPS) is 14.1. The highest BCUT2D eigenvalue weighted by Gasteiger charge is 2.29. The molecule has 0 aliphatic rings. The van der Waals surface area contributed by atoms with Gasteiger partial charge in [-0.25, -0.2) is 0 Å². The largest absolute Gasteiger partial charge is 0.408 e. The maximum Gasteiger partial charge on any atom is 0.205 e. The molecule has 0 aliphatic carbocycles. The lowest BCUT2D eigenvalue weighted by Gasteiger charge is -2.31. The molecule has 1 atom stereocenters. The van der Waals surface area contributed by atoms with Crippen LogP contribution in [0.1, 0.15) is 38.1 Å². The summed E-state index contributed by atoms with van der Waals surface area (Å²) in [5.41, 5.74) is 1.80. The molecule has 1 unspecified atom stereocenters. The lowest BCUT2D eigenvalue weighted by atomic mass is 9.87. The Labute approximate surface area is 106 Å². The van der Waals surface area contributed by atoms with E-state index in [0.29, 0.717) is 0 Å². The third-order valence-corrected chi connectivity index (χ3v) is 3.15. The van der Waals surface area contributed by atoms with E-state index >= 15 is 0 Å². The molecule has 0 saturated carbocycles. The number of nitrogens with zero attached hydrogens (tertiary/aromatic N) is 1. The molecule has 3 nitrogen and oxygen atoms in total. The van der Waals surface area contributed by atoms with E-state index in [4.69, 9.17) is 9.53 Å². The number of pyridine rings is 1. The maximum absolute atomic E-state index is 9.01. The zero-order valence-electron chi connectivity index (χ0n) is 11.3. The Morgan fingerprint density at radius 2 is 2.00 bits per heavy atom. The summed E-state index contributed by atoms with van der Waals surface area (Å²) in [6, 6.07) is 3.86. The minimum atomic E-state index is -0.768. The molecule has 0 amide bonds. The third-order valence-electron chi connectivity index (χ3n) is 2.44. The van der Waals surface area contributed by atoms with Crippen molar-refractivity contribution < 1.29 is 9.53 Å². The van der Waals surface area contributed by atoms with Crippen molar-refractivity contribution in [2.75, 3.05) is 0 Å². The number of aromatic nitrogens is 1. The van der Waals surface area contributed by atoms with Gasteiger partial charge in [0.25, 0.3) is 0 Å². The van der Waals surface area contributed by atoms with Gasteiger partial charge in [0.1, 0.15) is 0 Å². The van der Waals surface area contributed by atoms with E-state index in [9.17, 15) is 0 Å². The number of aliphatic hydroxyl groups excluding tert-OH is 1. The van der Waals surface area contributed by atoms with Crippen molar-refractivity contribution in [2.45, 2.75) is 46.6 Å². The van der Waals surface area contributed by atoms with Crippen molar-refractivity contribution in [1.29, 1.82) is 0 Å². The third kappa shape index (κ3) is 4.22. The van der Waals surface area contributed by atoms with Gasteiger partial charge < -0.3 is 9.53 Å². The van der Waals surface area contributed by atoms with Gasteiger partial charge in [-0.05, 0) is 30.1 Å². The predicted molar refractivity (Wildman–Crippen MR) is 70.9 cm³/mol. The molecule has 0 saturated heterocycles. The van der Waals surface area contributed by atoms with Gasteiger partial charge in [-0.1, -0.05) is 26.8 Å². The Hall–Kier alpha value is -0.713. The van der Waals surface area contributed by atoms with Crippen LogP contribution in [0.2, 0.25) is 13.1 Å². The Balaban J connectivity index is 2.96. The molecule has 95 valence electrons. The Kier molecular flexibility index (Phi) is 4.86. The van der Waals surface area contributed by atoms with Crippen LogP contribution < -0.4 is 0 Å². The lowest BCUT2D eigenvalue weighted by molar-refractivity contribution is 0.0826.